The summed E-state index contributed by atoms with van der Waals surface area (Å²) in [4.78, 5) is 28.3. The highest BCUT2D eigenvalue weighted by Crippen LogP contribution is 2.31. The quantitative estimate of drug-likeness (QED) is 0.697. The number of nitrogens with zero attached hydrogens (tertiary/aromatic N) is 2. The number of hydrogen-bond acceptors (Lipinski definition) is 6. The normalized spacial score (nSPS) is 14.3. The molecule has 0 atom stereocenters. The van der Waals surface area contributed by atoms with Gasteiger partial charge in [-0.1, -0.05) is 18.2 Å². The van der Waals surface area contributed by atoms with E-state index in [2.05, 4.69) is 4.90 Å². The lowest BCUT2D eigenvalue weighted by atomic mass is 10.1. The van der Waals surface area contributed by atoms with Crippen LogP contribution in [-0.4, -0.2) is 55.9 Å². The van der Waals surface area contributed by atoms with Crippen molar-refractivity contribution in [2.24, 2.45) is 0 Å². The second kappa shape index (κ2) is 9.07. The largest absolute Gasteiger partial charge is 0.465 e. The first-order valence-corrected chi connectivity index (χ1v) is 9.95. The number of ether oxygens (including phenoxy) is 3. The van der Waals surface area contributed by atoms with Crippen LogP contribution in [0.2, 0.25) is 0 Å². The lowest BCUT2D eigenvalue weighted by Gasteiger charge is -2.36. The fraction of sp³-hybridized carbons (Fsp3) is 0.391. The summed E-state index contributed by atoms with van der Waals surface area (Å²) in [5, 5.41) is 0. The maximum absolute atomic E-state index is 12.3. The number of carbonyl (C=O) groups excluding carboxylic acids is 2. The lowest BCUT2D eigenvalue weighted by Crippen LogP contribution is -2.50. The van der Waals surface area contributed by atoms with Crippen LogP contribution in [0.3, 0.4) is 0 Å². The van der Waals surface area contributed by atoms with Crippen molar-refractivity contribution >= 4 is 17.7 Å². The maximum Gasteiger partial charge on any atom is 0.410 e. The standard InChI is InChI=1S/C23H28N2O5/c1-23(2,3)30-22(27)25-14-12-24(13-15-25)17-10-11-19(21(26)28-4)20(16-17)29-18-8-6-5-7-9-18/h5-11,16H,12-15H2,1-4H3. The average Bonchev–Trinajstić information content (AvgIpc) is 2.73. The summed E-state index contributed by atoms with van der Waals surface area (Å²) < 4.78 is 16.3. The molecule has 1 saturated heterocycles. The highest BCUT2D eigenvalue weighted by molar-refractivity contribution is 5.93. The summed E-state index contributed by atoms with van der Waals surface area (Å²) in [6.45, 7) is 8.00. The van der Waals surface area contributed by atoms with E-state index in [4.69, 9.17) is 14.2 Å². The molecule has 0 spiro atoms. The summed E-state index contributed by atoms with van der Waals surface area (Å²) >= 11 is 0. The Morgan fingerprint density at radius 2 is 1.60 bits per heavy atom. The van der Waals surface area contributed by atoms with E-state index < -0.39 is 11.6 Å². The van der Waals surface area contributed by atoms with Crippen LogP contribution < -0.4 is 9.64 Å². The molecule has 2 aromatic rings. The van der Waals surface area contributed by atoms with Gasteiger partial charge in [0.1, 0.15) is 22.7 Å². The van der Waals surface area contributed by atoms with E-state index in [0.717, 1.165) is 5.69 Å². The molecule has 30 heavy (non-hydrogen) atoms. The number of benzene rings is 2. The summed E-state index contributed by atoms with van der Waals surface area (Å²) in [6.07, 6.45) is -0.295. The van der Waals surface area contributed by atoms with Gasteiger partial charge in [0, 0.05) is 37.9 Å². The number of hydrogen-bond donors (Lipinski definition) is 0. The molecule has 0 saturated carbocycles. The zero-order valence-corrected chi connectivity index (χ0v) is 17.9. The first-order valence-electron chi connectivity index (χ1n) is 9.95. The molecule has 160 valence electrons. The predicted molar refractivity (Wildman–Crippen MR) is 114 cm³/mol. The topological polar surface area (TPSA) is 68.3 Å². The maximum atomic E-state index is 12.3. The number of rotatable bonds is 4. The number of carbonyl (C=O) groups is 2. The van der Waals surface area contributed by atoms with Crippen LogP contribution in [0.1, 0.15) is 31.1 Å². The van der Waals surface area contributed by atoms with Crippen molar-refractivity contribution in [3.8, 4) is 11.5 Å². The molecule has 3 rings (SSSR count). The van der Waals surface area contributed by atoms with Gasteiger partial charge in [-0.25, -0.2) is 9.59 Å². The van der Waals surface area contributed by atoms with E-state index in [1.807, 2.05) is 63.2 Å². The molecular formula is C23H28N2O5. The highest BCUT2D eigenvalue weighted by atomic mass is 16.6. The fourth-order valence-corrected chi connectivity index (χ4v) is 3.16. The first kappa shape index (κ1) is 21.5. The number of methoxy groups -OCH3 is 1. The summed E-state index contributed by atoms with van der Waals surface area (Å²) in [6, 6.07) is 14.7. The molecule has 0 aromatic heterocycles. The van der Waals surface area contributed by atoms with Gasteiger partial charge in [-0.3, -0.25) is 0 Å². The molecule has 2 aromatic carbocycles. The Balaban J connectivity index is 1.74. The second-order valence-electron chi connectivity index (χ2n) is 8.04. The summed E-state index contributed by atoms with van der Waals surface area (Å²) in [5.41, 5.74) is 0.761. The van der Waals surface area contributed by atoms with Gasteiger partial charge in [0.2, 0.25) is 0 Å². The Labute approximate surface area is 177 Å². The minimum absolute atomic E-state index is 0.295. The van der Waals surface area contributed by atoms with E-state index in [1.165, 1.54) is 7.11 Å². The van der Waals surface area contributed by atoms with Crippen LogP contribution in [0, 0.1) is 0 Å². The van der Waals surface area contributed by atoms with E-state index in [9.17, 15) is 9.59 Å². The smallest absolute Gasteiger partial charge is 0.410 e. The van der Waals surface area contributed by atoms with Gasteiger partial charge in [0.25, 0.3) is 0 Å². The minimum Gasteiger partial charge on any atom is -0.465 e. The third-order valence-corrected chi connectivity index (χ3v) is 4.64. The molecule has 0 bridgehead atoms. The Bertz CT molecular complexity index is 884. The van der Waals surface area contributed by atoms with Gasteiger partial charge in [-0.15, -0.1) is 0 Å². The van der Waals surface area contributed by atoms with Gasteiger partial charge in [-0.2, -0.15) is 0 Å². The monoisotopic (exact) mass is 412 g/mol. The molecule has 0 aliphatic carbocycles. The van der Waals surface area contributed by atoms with Crippen molar-refractivity contribution in [2.75, 3.05) is 38.2 Å². The van der Waals surface area contributed by atoms with Crippen LogP contribution in [0.15, 0.2) is 48.5 Å². The number of esters is 1. The Kier molecular flexibility index (Phi) is 6.50. The second-order valence-corrected chi connectivity index (χ2v) is 8.04. The van der Waals surface area contributed by atoms with Gasteiger partial charge >= 0.3 is 12.1 Å². The van der Waals surface area contributed by atoms with Crippen LogP contribution >= 0.6 is 0 Å². The van der Waals surface area contributed by atoms with Crippen molar-refractivity contribution in [1.82, 2.24) is 4.90 Å². The minimum atomic E-state index is -0.512. The van der Waals surface area contributed by atoms with Gasteiger partial charge in [0.05, 0.1) is 7.11 Å². The molecule has 1 aliphatic heterocycles. The fourth-order valence-electron chi connectivity index (χ4n) is 3.16. The number of amides is 1. The third kappa shape index (κ3) is 5.43. The van der Waals surface area contributed by atoms with Gasteiger partial charge in [-0.05, 0) is 45.0 Å². The van der Waals surface area contributed by atoms with E-state index in [1.54, 1.807) is 11.0 Å². The first-order chi connectivity index (χ1) is 14.3. The number of para-hydroxylation sites is 1. The molecule has 1 amide bonds. The lowest BCUT2D eigenvalue weighted by molar-refractivity contribution is 0.0240. The SMILES string of the molecule is COC(=O)c1ccc(N2CCN(C(=O)OC(C)(C)C)CC2)cc1Oc1ccccc1. The molecule has 7 heteroatoms. The van der Waals surface area contributed by atoms with E-state index >= 15 is 0 Å². The van der Waals surface area contributed by atoms with E-state index in [-0.39, 0.29) is 6.09 Å². The van der Waals surface area contributed by atoms with Crippen molar-refractivity contribution in [3.05, 3.63) is 54.1 Å². The van der Waals surface area contributed by atoms with Crippen molar-refractivity contribution in [1.29, 1.82) is 0 Å². The zero-order chi connectivity index (χ0) is 21.7. The van der Waals surface area contributed by atoms with Crippen molar-refractivity contribution < 1.29 is 23.8 Å². The Morgan fingerprint density at radius 3 is 2.20 bits per heavy atom. The summed E-state index contributed by atoms with van der Waals surface area (Å²) in [5.74, 6) is 0.608. The van der Waals surface area contributed by atoms with Crippen LogP contribution in [-0.2, 0) is 9.47 Å². The molecule has 1 fully saturated rings. The van der Waals surface area contributed by atoms with Gasteiger partial charge in [0.15, 0.2) is 0 Å². The zero-order valence-electron chi connectivity index (χ0n) is 17.9. The molecule has 1 heterocycles. The number of piperazine rings is 1. The molecule has 1 aliphatic rings. The molecule has 7 nitrogen and oxygen atoms in total. The van der Waals surface area contributed by atoms with Crippen LogP contribution in [0.4, 0.5) is 10.5 Å². The predicted octanol–water partition coefficient (Wildman–Crippen LogP) is 4.32. The molecule has 0 radical (unpaired) electrons. The highest BCUT2D eigenvalue weighted by Gasteiger charge is 2.26. The average molecular weight is 412 g/mol. The molecular weight excluding hydrogens is 384 g/mol. The Morgan fingerprint density at radius 1 is 0.933 bits per heavy atom. The van der Waals surface area contributed by atoms with E-state index in [0.29, 0.717) is 43.2 Å². The van der Waals surface area contributed by atoms with Crippen molar-refractivity contribution in [2.45, 2.75) is 26.4 Å². The number of anilines is 1. The van der Waals surface area contributed by atoms with Crippen molar-refractivity contribution in [3.63, 3.8) is 0 Å². The summed E-state index contributed by atoms with van der Waals surface area (Å²) in [7, 11) is 1.35. The van der Waals surface area contributed by atoms with Crippen LogP contribution in [0.5, 0.6) is 11.5 Å². The Hall–Kier alpha value is -3.22. The third-order valence-electron chi connectivity index (χ3n) is 4.64. The molecule has 0 unspecified atom stereocenters. The van der Waals surface area contributed by atoms with Crippen LogP contribution in [0.25, 0.3) is 0 Å². The molecule has 0 N–H and O–H groups in total. The van der Waals surface area contributed by atoms with Gasteiger partial charge < -0.3 is 24.0 Å².